The normalized spacial score (nSPS) is 26.5. The Bertz CT molecular complexity index is 1160. The molecule has 236 valence electrons. The van der Waals surface area contributed by atoms with E-state index in [1.165, 1.54) is 7.11 Å². The van der Waals surface area contributed by atoms with Gasteiger partial charge in [-0.05, 0) is 44.2 Å². The van der Waals surface area contributed by atoms with Gasteiger partial charge in [-0.2, -0.15) is 0 Å². The number of esters is 1. The van der Waals surface area contributed by atoms with Crippen LogP contribution < -0.4 is 0 Å². The summed E-state index contributed by atoms with van der Waals surface area (Å²) in [5, 5.41) is 21.3. The minimum atomic E-state index is -1.91. The number of ether oxygens (including phenoxy) is 6. The smallest absolute Gasteiger partial charge is 0.410 e. The van der Waals surface area contributed by atoms with Crippen molar-refractivity contribution in [1.29, 1.82) is 0 Å². The molecule has 2 fully saturated rings. The second-order valence-corrected chi connectivity index (χ2v) is 11.3. The van der Waals surface area contributed by atoms with Crippen LogP contribution in [0, 0.1) is 0 Å². The first-order valence-corrected chi connectivity index (χ1v) is 14.7. The number of unbranched alkanes of at least 4 members (excludes halogenated alkanes) is 2. The maximum absolute atomic E-state index is 13.0. The van der Waals surface area contributed by atoms with Crippen LogP contribution in [0.25, 0.3) is 0 Å². The minimum absolute atomic E-state index is 0.117. The zero-order chi connectivity index (χ0) is 30.9. The summed E-state index contributed by atoms with van der Waals surface area (Å²) >= 11 is 0. The number of rotatable bonds is 13. The van der Waals surface area contributed by atoms with E-state index >= 15 is 0 Å². The summed E-state index contributed by atoms with van der Waals surface area (Å²) in [6.45, 7) is 4.75. The van der Waals surface area contributed by atoms with Gasteiger partial charge in [-0.3, -0.25) is 0 Å². The van der Waals surface area contributed by atoms with Gasteiger partial charge in [0.15, 0.2) is 5.79 Å². The molecule has 2 heterocycles. The maximum Gasteiger partial charge on any atom is 0.410 e. The van der Waals surface area contributed by atoms with Crippen LogP contribution in [0.5, 0.6) is 0 Å². The number of aliphatic hydroxyl groups is 2. The zero-order valence-electron chi connectivity index (χ0n) is 25.1. The summed E-state index contributed by atoms with van der Waals surface area (Å²) in [5.41, 5.74) is 1.90. The Morgan fingerprint density at radius 1 is 0.953 bits per heavy atom. The molecule has 2 aromatic rings. The van der Waals surface area contributed by atoms with E-state index in [-0.39, 0.29) is 26.2 Å². The lowest BCUT2D eigenvalue weighted by molar-refractivity contribution is -0.325. The summed E-state index contributed by atoms with van der Waals surface area (Å²) in [6, 6.07) is 19.2. The van der Waals surface area contributed by atoms with Gasteiger partial charge in [0.25, 0.3) is 5.79 Å². The highest BCUT2D eigenvalue weighted by atomic mass is 16.8. The molecular formula is C32H43NO10. The number of carbonyl (C=O) groups is 2. The van der Waals surface area contributed by atoms with Crippen LogP contribution >= 0.6 is 0 Å². The van der Waals surface area contributed by atoms with E-state index in [4.69, 9.17) is 28.4 Å². The van der Waals surface area contributed by atoms with E-state index in [9.17, 15) is 19.8 Å². The minimum Gasteiger partial charge on any atom is -0.465 e. The van der Waals surface area contributed by atoms with Crippen molar-refractivity contribution in [3.05, 3.63) is 71.8 Å². The predicted octanol–water partition coefficient (Wildman–Crippen LogP) is 3.54. The zero-order valence-corrected chi connectivity index (χ0v) is 25.1. The summed E-state index contributed by atoms with van der Waals surface area (Å²) < 4.78 is 33.9. The molecule has 2 aliphatic rings. The fraction of sp³-hybridized carbons (Fsp3) is 0.562. The van der Waals surface area contributed by atoms with E-state index in [2.05, 4.69) is 0 Å². The van der Waals surface area contributed by atoms with Crippen molar-refractivity contribution in [2.75, 3.05) is 26.9 Å². The molecule has 2 saturated heterocycles. The lowest BCUT2D eigenvalue weighted by atomic mass is 9.92. The second kappa shape index (κ2) is 15.1. The van der Waals surface area contributed by atoms with Crippen LogP contribution in [-0.4, -0.2) is 90.0 Å². The third kappa shape index (κ3) is 8.98. The Balaban J connectivity index is 1.31. The molecule has 0 aliphatic carbocycles. The average molecular weight is 602 g/mol. The van der Waals surface area contributed by atoms with Crippen molar-refractivity contribution >= 4 is 12.1 Å². The molecule has 5 atom stereocenters. The van der Waals surface area contributed by atoms with Gasteiger partial charge in [0, 0.05) is 19.5 Å². The van der Waals surface area contributed by atoms with Gasteiger partial charge in [0.2, 0.25) is 0 Å². The monoisotopic (exact) mass is 601 g/mol. The van der Waals surface area contributed by atoms with E-state index < -0.39 is 48.1 Å². The molecule has 43 heavy (non-hydrogen) atoms. The van der Waals surface area contributed by atoms with Crippen LogP contribution in [0.3, 0.4) is 0 Å². The van der Waals surface area contributed by atoms with E-state index in [0.717, 1.165) is 11.1 Å². The maximum atomic E-state index is 13.0. The molecule has 0 aromatic heterocycles. The highest BCUT2D eigenvalue weighted by Gasteiger charge is 2.56. The van der Waals surface area contributed by atoms with Crippen LogP contribution in [-0.2, 0) is 46.4 Å². The Hall–Kier alpha value is -3.06. The molecule has 11 heteroatoms. The average Bonchev–Trinajstić information content (AvgIpc) is 3.38. The molecule has 4 rings (SSSR count). The van der Waals surface area contributed by atoms with Crippen molar-refractivity contribution < 1.29 is 48.2 Å². The van der Waals surface area contributed by atoms with Crippen molar-refractivity contribution in [3.8, 4) is 0 Å². The molecule has 2 aliphatic heterocycles. The van der Waals surface area contributed by atoms with Crippen LogP contribution in [0.1, 0.15) is 50.7 Å². The number of aliphatic hydroxyl groups excluding tert-OH is 2. The molecule has 2 aromatic carbocycles. The van der Waals surface area contributed by atoms with Gasteiger partial charge in [-0.1, -0.05) is 60.7 Å². The molecular weight excluding hydrogens is 558 g/mol. The van der Waals surface area contributed by atoms with Gasteiger partial charge in [0.05, 0.1) is 26.4 Å². The summed E-state index contributed by atoms with van der Waals surface area (Å²) in [5.74, 6) is -3.61. The SMILES string of the molecule is COC(=O)[C@@]1(OCCCCCN(Cc2ccccc2)C(=O)OCc2ccccc2)C[C@@H](O)[C@@H](O)C([C@H]2COC(C)(C)O2)O1. The van der Waals surface area contributed by atoms with E-state index in [1.807, 2.05) is 60.7 Å². The molecule has 0 spiro atoms. The third-order valence-electron chi connectivity index (χ3n) is 7.52. The number of benzene rings is 2. The summed E-state index contributed by atoms with van der Waals surface area (Å²) in [4.78, 5) is 27.5. The fourth-order valence-corrected chi connectivity index (χ4v) is 5.23. The molecule has 11 nitrogen and oxygen atoms in total. The Morgan fingerprint density at radius 3 is 2.26 bits per heavy atom. The number of methoxy groups -OCH3 is 1. The van der Waals surface area contributed by atoms with Crippen LogP contribution in [0.4, 0.5) is 4.79 Å². The first-order chi connectivity index (χ1) is 20.6. The van der Waals surface area contributed by atoms with Crippen molar-refractivity contribution in [1.82, 2.24) is 4.90 Å². The lowest BCUT2D eigenvalue weighted by Crippen LogP contribution is -2.63. The largest absolute Gasteiger partial charge is 0.465 e. The quantitative estimate of drug-likeness (QED) is 0.259. The Morgan fingerprint density at radius 2 is 1.63 bits per heavy atom. The lowest BCUT2D eigenvalue weighted by Gasteiger charge is -2.44. The first kappa shape index (κ1) is 32.8. The van der Waals surface area contributed by atoms with Crippen LogP contribution in [0.15, 0.2) is 60.7 Å². The molecule has 1 unspecified atom stereocenters. The number of nitrogens with zero attached hydrogens (tertiary/aromatic N) is 1. The Kier molecular flexibility index (Phi) is 11.5. The Labute approximate surface area is 252 Å². The van der Waals surface area contributed by atoms with Gasteiger partial charge < -0.3 is 43.5 Å². The van der Waals surface area contributed by atoms with Crippen LogP contribution in [0.2, 0.25) is 0 Å². The number of amides is 1. The fourth-order valence-electron chi connectivity index (χ4n) is 5.23. The van der Waals surface area contributed by atoms with Crippen molar-refractivity contribution in [3.63, 3.8) is 0 Å². The van der Waals surface area contributed by atoms with E-state index in [1.54, 1.807) is 18.7 Å². The molecule has 0 saturated carbocycles. The topological polar surface area (TPSA) is 133 Å². The third-order valence-corrected chi connectivity index (χ3v) is 7.52. The molecule has 1 amide bonds. The first-order valence-electron chi connectivity index (χ1n) is 14.7. The summed E-state index contributed by atoms with van der Waals surface area (Å²) in [6.07, 6.45) is -3.22. The molecule has 0 radical (unpaired) electrons. The number of hydrogen-bond acceptors (Lipinski definition) is 10. The second-order valence-electron chi connectivity index (χ2n) is 11.3. The number of hydrogen-bond donors (Lipinski definition) is 2. The molecule has 2 N–H and O–H groups in total. The van der Waals surface area contributed by atoms with E-state index in [0.29, 0.717) is 32.4 Å². The van der Waals surface area contributed by atoms with Gasteiger partial charge >= 0.3 is 12.1 Å². The van der Waals surface area contributed by atoms with Gasteiger partial charge in [0.1, 0.15) is 24.9 Å². The number of carbonyl (C=O) groups excluding carboxylic acids is 2. The highest BCUT2D eigenvalue weighted by Crippen LogP contribution is 2.37. The predicted molar refractivity (Wildman–Crippen MR) is 154 cm³/mol. The van der Waals surface area contributed by atoms with Crippen molar-refractivity contribution in [2.24, 2.45) is 0 Å². The summed E-state index contributed by atoms with van der Waals surface area (Å²) in [7, 11) is 1.21. The standard InChI is InChI=1S/C32H43NO10/c1-31(2)41-22-26(42-31)28-27(35)25(34)19-32(43-28,29(36)38-3)40-18-12-6-11-17-33(20-23-13-7-4-8-14-23)30(37)39-21-24-15-9-5-10-16-24/h4-5,7-10,13-16,25-28,34-35H,6,11-12,17-22H2,1-3H3/t25-,26-,27-,28?,32-/m1/s1. The van der Waals surface area contributed by atoms with Crippen molar-refractivity contribution in [2.45, 2.75) is 88.7 Å². The van der Waals surface area contributed by atoms with Gasteiger partial charge in [-0.15, -0.1) is 0 Å². The molecule has 0 bridgehead atoms. The highest BCUT2D eigenvalue weighted by molar-refractivity contribution is 5.78. The van der Waals surface area contributed by atoms with Gasteiger partial charge in [-0.25, -0.2) is 9.59 Å².